The molecule has 2 heteroatoms. The van der Waals surface area contributed by atoms with Crippen LogP contribution < -0.4 is 0 Å². The molecule has 0 aliphatic heterocycles. The zero-order valence-corrected chi connectivity index (χ0v) is 29.3. The van der Waals surface area contributed by atoms with Crippen LogP contribution in [0.5, 0.6) is 0 Å². The molecule has 38 heavy (non-hydrogen) atoms. The molecule has 0 rings (SSSR count). The highest BCUT2D eigenvalue weighted by atomic mass is 127. The molecule has 230 valence electrons. The number of hydrogen-bond donors (Lipinski definition) is 1. The quantitative estimate of drug-likeness (QED) is 0.0296. The minimum atomic E-state index is 1.07. The molecule has 0 aliphatic rings. The average molecular weight is 665 g/mol. The van der Waals surface area contributed by atoms with Crippen molar-refractivity contribution in [2.24, 2.45) is 0 Å². The summed E-state index contributed by atoms with van der Waals surface area (Å²) in [4.78, 5) is 0. The van der Waals surface area contributed by atoms with Gasteiger partial charge in [0.1, 0.15) is 0 Å². The largest absolute Gasteiger partial charge is 0.179 e. The standard InChI is InChI=1S/C36H73IS/c37-35-33-31-29-27-25-23-21-19-17-15-13-11-9-7-5-3-1-2-4-6-8-10-12-14-16-18-20-22-24-26-28-30-32-34-36-38/h38H,1-36H2. The van der Waals surface area contributed by atoms with E-state index in [2.05, 4.69) is 35.2 Å². The molecule has 0 spiro atoms. The van der Waals surface area contributed by atoms with Crippen molar-refractivity contribution < 1.29 is 0 Å². The van der Waals surface area contributed by atoms with Crippen LogP contribution in [0, 0.1) is 0 Å². The topological polar surface area (TPSA) is 0 Å². The molecular formula is C36H73IS. The van der Waals surface area contributed by atoms with Crippen molar-refractivity contribution in [3.05, 3.63) is 0 Å². The first-order chi connectivity index (χ1) is 18.9. The Morgan fingerprint density at radius 3 is 0.474 bits per heavy atom. The van der Waals surface area contributed by atoms with E-state index < -0.39 is 0 Å². The third-order valence-corrected chi connectivity index (χ3v) is 9.62. The van der Waals surface area contributed by atoms with Crippen LogP contribution >= 0.6 is 35.2 Å². The predicted molar refractivity (Wildman–Crippen MR) is 190 cm³/mol. The molecule has 0 aliphatic carbocycles. The molecule has 0 aromatic carbocycles. The maximum atomic E-state index is 4.29. The van der Waals surface area contributed by atoms with Gasteiger partial charge in [0.2, 0.25) is 0 Å². The van der Waals surface area contributed by atoms with Crippen LogP contribution in [0.2, 0.25) is 0 Å². The van der Waals surface area contributed by atoms with Crippen LogP contribution in [0.4, 0.5) is 0 Å². The summed E-state index contributed by atoms with van der Waals surface area (Å²) in [5, 5.41) is 0. The highest BCUT2D eigenvalue weighted by Gasteiger charge is 1.97. The smallest absolute Gasteiger partial charge is 0.000473 e. The molecule has 0 bridgehead atoms. The van der Waals surface area contributed by atoms with Crippen LogP contribution in [0.15, 0.2) is 0 Å². The van der Waals surface area contributed by atoms with Crippen molar-refractivity contribution in [2.75, 3.05) is 10.2 Å². The van der Waals surface area contributed by atoms with Crippen molar-refractivity contribution in [3.63, 3.8) is 0 Å². The summed E-state index contributed by atoms with van der Waals surface area (Å²) in [5.74, 6) is 1.07. The summed E-state index contributed by atoms with van der Waals surface area (Å²) in [5.41, 5.74) is 0. The fraction of sp³-hybridized carbons (Fsp3) is 1.00. The van der Waals surface area contributed by atoms with Gasteiger partial charge < -0.3 is 0 Å². The summed E-state index contributed by atoms with van der Waals surface area (Å²) in [6.45, 7) is 0. The Hall–Kier alpha value is 1.08. The number of unbranched alkanes of at least 4 members (excludes halogenated alkanes) is 33. The molecule has 0 radical (unpaired) electrons. The van der Waals surface area contributed by atoms with Crippen LogP contribution in [0.25, 0.3) is 0 Å². The number of halogens is 1. The molecule has 0 aromatic heterocycles. The lowest BCUT2D eigenvalue weighted by molar-refractivity contribution is 0.511. The van der Waals surface area contributed by atoms with E-state index in [0.717, 1.165) is 5.75 Å². The van der Waals surface area contributed by atoms with Gasteiger partial charge in [0.05, 0.1) is 0 Å². The average Bonchev–Trinajstić information content (AvgIpc) is 2.93. The number of thiol groups is 1. The second kappa shape index (κ2) is 38.1. The molecule has 0 fully saturated rings. The van der Waals surface area contributed by atoms with E-state index in [4.69, 9.17) is 0 Å². The Balaban J connectivity index is 3.01. The van der Waals surface area contributed by atoms with Gasteiger partial charge in [0, 0.05) is 0 Å². The zero-order valence-electron chi connectivity index (χ0n) is 26.3. The highest BCUT2D eigenvalue weighted by molar-refractivity contribution is 14.1. The van der Waals surface area contributed by atoms with Gasteiger partial charge in [-0.25, -0.2) is 0 Å². The molecule has 0 amide bonds. The van der Waals surface area contributed by atoms with Crippen molar-refractivity contribution in [3.8, 4) is 0 Å². The van der Waals surface area contributed by atoms with Gasteiger partial charge in [-0.15, -0.1) is 0 Å². The Kier molecular flexibility index (Phi) is 39.2. The molecule has 0 saturated heterocycles. The van der Waals surface area contributed by atoms with E-state index in [1.165, 1.54) is 223 Å². The van der Waals surface area contributed by atoms with Gasteiger partial charge in [-0.2, -0.15) is 12.6 Å². The monoisotopic (exact) mass is 664 g/mol. The minimum Gasteiger partial charge on any atom is -0.179 e. The SMILES string of the molecule is SCCCCCCCCCCCCCCCCCCCCCCCCCCCCCCCCCCCCI. The third kappa shape index (κ3) is 37.1. The van der Waals surface area contributed by atoms with E-state index in [9.17, 15) is 0 Å². The van der Waals surface area contributed by atoms with Gasteiger partial charge in [0.15, 0.2) is 0 Å². The normalized spacial score (nSPS) is 11.5. The zero-order chi connectivity index (χ0) is 27.5. The molecule has 0 heterocycles. The first kappa shape index (κ1) is 39.1. The van der Waals surface area contributed by atoms with E-state index >= 15 is 0 Å². The lowest BCUT2D eigenvalue weighted by Crippen LogP contribution is -1.85. The van der Waals surface area contributed by atoms with Crippen LogP contribution in [0.3, 0.4) is 0 Å². The number of rotatable bonds is 35. The van der Waals surface area contributed by atoms with Crippen molar-refractivity contribution in [1.82, 2.24) is 0 Å². The van der Waals surface area contributed by atoms with Crippen LogP contribution in [-0.2, 0) is 0 Å². The Morgan fingerprint density at radius 2 is 0.342 bits per heavy atom. The van der Waals surface area contributed by atoms with Crippen molar-refractivity contribution >= 4 is 35.2 Å². The van der Waals surface area contributed by atoms with Crippen LogP contribution in [0.1, 0.15) is 218 Å². The molecular weight excluding hydrogens is 591 g/mol. The van der Waals surface area contributed by atoms with Crippen LogP contribution in [-0.4, -0.2) is 10.2 Å². The first-order valence-electron chi connectivity index (χ1n) is 18.1. The summed E-state index contributed by atoms with van der Waals surface area (Å²) in [6, 6.07) is 0. The lowest BCUT2D eigenvalue weighted by atomic mass is 10.0. The third-order valence-electron chi connectivity index (χ3n) is 8.54. The van der Waals surface area contributed by atoms with Gasteiger partial charge in [-0.3, -0.25) is 0 Å². The van der Waals surface area contributed by atoms with E-state index in [1.807, 2.05) is 0 Å². The second-order valence-corrected chi connectivity index (χ2v) is 14.0. The predicted octanol–water partition coefficient (Wildman–Crippen LogP) is 14.6. The molecule has 0 atom stereocenters. The molecule has 0 N–H and O–H groups in total. The first-order valence-corrected chi connectivity index (χ1v) is 20.2. The van der Waals surface area contributed by atoms with Gasteiger partial charge >= 0.3 is 0 Å². The fourth-order valence-electron chi connectivity index (χ4n) is 5.86. The van der Waals surface area contributed by atoms with Gasteiger partial charge in [0.25, 0.3) is 0 Å². The van der Waals surface area contributed by atoms with Crippen molar-refractivity contribution in [1.29, 1.82) is 0 Å². The molecule has 0 unspecified atom stereocenters. The summed E-state index contributed by atoms with van der Waals surface area (Å²) in [6.07, 6.45) is 50.1. The summed E-state index contributed by atoms with van der Waals surface area (Å²) in [7, 11) is 0. The maximum Gasteiger partial charge on any atom is -0.000473 e. The Morgan fingerprint density at radius 1 is 0.211 bits per heavy atom. The van der Waals surface area contributed by atoms with Gasteiger partial charge in [-0.05, 0) is 23.0 Å². The maximum absolute atomic E-state index is 4.29. The summed E-state index contributed by atoms with van der Waals surface area (Å²) >= 11 is 6.79. The molecule has 0 nitrogen and oxygen atoms in total. The molecule has 0 aromatic rings. The van der Waals surface area contributed by atoms with E-state index in [0.29, 0.717) is 0 Å². The summed E-state index contributed by atoms with van der Waals surface area (Å²) < 4.78 is 1.34. The van der Waals surface area contributed by atoms with Crippen molar-refractivity contribution in [2.45, 2.75) is 218 Å². The minimum absolute atomic E-state index is 1.07. The Bertz CT molecular complexity index is 350. The number of hydrogen-bond acceptors (Lipinski definition) is 1. The molecule has 0 saturated carbocycles. The number of alkyl halides is 1. The van der Waals surface area contributed by atoms with E-state index in [-0.39, 0.29) is 0 Å². The lowest BCUT2D eigenvalue weighted by Gasteiger charge is -2.05. The fourth-order valence-corrected chi connectivity index (χ4v) is 6.63. The second-order valence-electron chi connectivity index (χ2n) is 12.4. The van der Waals surface area contributed by atoms with E-state index in [1.54, 1.807) is 0 Å². The highest BCUT2D eigenvalue weighted by Crippen LogP contribution is 2.17. The Labute approximate surface area is 262 Å². The van der Waals surface area contributed by atoms with Gasteiger partial charge in [-0.1, -0.05) is 228 Å².